The van der Waals surface area contributed by atoms with Gasteiger partial charge in [0.15, 0.2) is 0 Å². The smallest absolute Gasteiger partial charge is 0.255 e. The molecule has 0 radical (unpaired) electrons. The summed E-state index contributed by atoms with van der Waals surface area (Å²) < 4.78 is 13.6. The third kappa shape index (κ3) is 2.37. The van der Waals surface area contributed by atoms with Gasteiger partial charge in [-0.25, -0.2) is 4.39 Å². The Kier molecular flexibility index (Phi) is 3.91. The molecule has 1 nitrogen and oxygen atoms in total. The van der Waals surface area contributed by atoms with Crippen molar-refractivity contribution in [3.05, 3.63) is 57.8 Å². The molecule has 0 bridgehead atoms. The fourth-order valence-corrected chi connectivity index (χ4v) is 2.25. The van der Waals surface area contributed by atoms with E-state index in [4.69, 9.17) is 34.8 Å². The summed E-state index contributed by atoms with van der Waals surface area (Å²) in [5.74, 6) is -0.691. The highest BCUT2D eigenvalue weighted by Crippen LogP contribution is 2.36. The molecule has 0 spiro atoms. The molecule has 0 aliphatic heterocycles. The van der Waals surface area contributed by atoms with Crippen LogP contribution in [0.5, 0.6) is 0 Å². The lowest BCUT2D eigenvalue weighted by Gasteiger charge is -2.10. The highest BCUT2D eigenvalue weighted by Gasteiger charge is 2.18. The Morgan fingerprint density at radius 2 is 1.61 bits per heavy atom. The standard InChI is InChI=1S/C13H6Cl3FO/c14-9-5-1-4-8(12(9)15)7-3-2-6-10(17)11(7)13(16)18/h1-6H. The van der Waals surface area contributed by atoms with Gasteiger partial charge in [-0.2, -0.15) is 0 Å². The van der Waals surface area contributed by atoms with Crippen LogP contribution in [0, 0.1) is 5.82 Å². The second-order valence-electron chi connectivity index (χ2n) is 3.54. The van der Waals surface area contributed by atoms with Gasteiger partial charge in [0.2, 0.25) is 0 Å². The minimum absolute atomic E-state index is 0.205. The van der Waals surface area contributed by atoms with Gasteiger partial charge in [-0.1, -0.05) is 47.5 Å². The van der Waals surface area contributed by atoms with Gasteiger partial charge in [0.1, 0.15) is 5.82 Å². The number of carbonyl (C=O) groups is 1. The second-order valence-corrected chi connectivity index (χ2v) is 4.67. The average Bonchev–Trinajstić information content (AvgIpc) is 2.32. The Bertz CT molecular complexity index is 626. The third-order valence-corrected chi connectivity index (χ3v) is 3.46. The topological polar surface area (TPSA) is 17.1 Å². The van der Waals surface area contributed by atoms with E-state index in [1.807, 2.05) is 0 Å². The summed E-state index contributed by atoms with van der Waals surface area (Å²) in [6.45, 7) is 0. The highest BCUT2D eigenvalue weighted by atomic mass is 35.5. The summed E-state index contributed by atoms with van der Waals surface area (Å²) in [5, 5.41) is -0.297. The molecule has 0 fully saturated rings. The van der Waals surface area contributed by atoms with Gasteiger partial charge in [0.05, 0.1) is 15.6 Å². The van der Waals surface area contributed by atoms with Crippen molar-refractivity contribution in [2.24, 2.45) is 0 Å². The molecule has 0 heterocycles. The van der Waals surface area contributed by atoms with Crippen molar-refractivity contribution in [2.45, 2.75) is 0 Å². The zero-order chi connectivity index (χ0) is 13.3. The second kappa shape index (κ2) is 5.27. The van der Waals surface area contributed by atoms with E-state index in [1.165, 1.54) is 6.07 Å². The molecule has 0 saturated carbocycles. The van der Waals surface area contributed by atoms with E-state index < -0.39 is 11.1 Å². The van der Waals surface area contributed by atoms with E-state index in [-0.39, 0.29) is 10.6 Å². The molecule has 18 heavy (non-hydrogen) atoms. The van der Waals surface area contributed by atoms with Crippen molar-refractivity contribution in [3.63, 3.8) is 0 Å². The predicted octanol–water partition coefficient (Wildman–Crippen LogP) is 5.18. The predicted molar refractivity (Wildman–Crippen MR) is 72.0 cm³/mol. The number of rotatable bonds is 2. The van der Waals surface area contributed by atoms with Crippen molar-refractivity contribution in [1.82, 2.24) is 0 Å². The van der Waals surface area contributed by atoms with Crippen molar-refractivity contribution in [3.8, 4) is 11.1 Å². The monoisotopic (exact) mass is 302 g/mol. The molecule has 0 unspecified atom stereocenters. The van der Waals surface area contributed by atoms with E-state index >= 15 is 0 Å². The van der Waals surface area contributed by atoms with Crippen molar-refractivity contribution in [2.75, 3.05) is 0 Å². The minimum Gasteiger partial charge on any atom is -0.275 e. The summed E-state index contributed by atoms with van der Waals surface area (Å²) in [4.78, 5) is 11.3. The molecule has 0 amide bonds. The van der Waals surface area contributed by atoms with Gasteiger partial charge in [0.25, 0.3) is 5.24 Å². The van der Waals surface area contributed by atoms with E-state index in [1.54, 1.807) is 24.3 Å². The lowest BCUT2D eigenvalue weighted by atomic mass is 10.00. The summed E-state index contributed by atoms with van der Waals surface area (Å²) in [5.41, 5.74) is 0.582. The van der Waals surface area contributed by atoms with E-state index in [2.05, 4.69) is 0 Å². The van der Waals surface area contributed by atoms with E-state index in [9.17, 15) is 9.18 Å². The Morgan fingerprint density at radius 1 is 1.00 bits per heavy atom. The first-order chi connectivity index (χ1) is 8.52. The first kappa shape index (κ1) is 13.3. The van der Waals surface area contributed by atoms with Gasteiger partial charge in [-0.15, -0.1) is 0 Å². The first-order valence-corrected chi connectivity index (χ1v) is 6.08. The van der Waals surface area contributed by atoms with Gasteiger partial charge < -0.3 is 0 Å². The van der Waals surface area contributed by atoms with E-state index in [0.29, 0.717) is 16.1 Å². The van der Waals surface area contributed by atoms with Crippen LogP contribution < -0.4 is 0 Å². The van der Waals surface area contributed by atoms with Crippen LogP contribution in [-0.2, 0) is 0 Å². The number of carbonyl (C=O) groups excluding carboxylic acids is 1. The number of halogens is 4. The molecular weight excluding hydrogens is 297 g/mol. The van der Waals surface area contributed by atoms with Crippen LogP contribution in [0.15, 0.2) is 36.4 Å². The quantitative estimate of drug-likeness (QED) is 0.699. The molecule has 5 heteroatoms. The van der Waals surface area contributed by atoms with Crippen molar-refractivity contribution in [1.29, 1.82) is 0 Å². The lowest BCUT2D eigenvalue weighted by Crippen LogP contribution is -1.98. The van der Waals surface area contributed by atoms with Crippen LogP contribution in [0.3, 0.4) is 0 Å². The van der Waals surface area contributed by atoms with Crippen LogP contribution >= 0.6 is 34.8 Å². The molecule has 0 atom stereocenters. The molecule has 2 aromatic carbocycles. The summed E-state index contributed by atoms with van der Waals surface area (Å²) in [6, 6.07) is 9.12. The summed E-state index contributed by atoms with van der Waals surface area (Å²) in [6.07, 6.45) is 0. The summed E-state index contributed by atoms with van der Waals surface area (Å²) in [7, 11) is 0. The lowest BCUT2D eigenvalue weighted by molar-refractivity contribution is 0.107. The Morgan fingerprint density at radius 3 is 2.28 bits per heavy atom. The number of hydrogen-bond donors (Lipinski definition) is 0. The molecule has 2 rings (SSSR count). The Hall–Kier alpha value is -1.09. The molecule has 2 aromatic rings. The van der Waals surface area contributed by atoms with Gasteiger partial charge in [-0.3, -0.25) is 4.79 Å². The average molecular weight is 304 g/mol. The summed E-state index contributed by atoms with van der Waals surface area (Å²) >= 11 is 17.3. The van der Waals surface area contributed by atoms with Crippen molar-refractivity contribution < 1.29 is 9.18 Å². The third-order valence-electron chi connectivity index (χ3n) is 2.45. The van der Waals surface area contributed by atoms with Crippen LogP contribution in [0.1, 0.15) is 10.4 Å². The molecule has 0 aliphatic carbocycles. The number of benzene rings is 2. The largest absolute Gasteiger partial charge is 0.275 e. The van der Waals surface area contributed by atoms with E-state index in [0.717, 1.165) is 6.07 Å². The SMILES string of the molecule is O=C(Cl)c1c(F)cccc1-c1cccc(Cl)c1Cl. The van der Waals surface area contributed by atoms with Gasteiger partial charge in [0, 0.05) is 5.56 Å². The first-order valence-electron chi connectivity index (χ1n) is 4.95. The highest BCUT2D eigenvalue weighted by molar-refractivity contribution is 6.68. The van der Waals surface area contributed by atoms with Crippen LogP contribution in [0.2, 0.25) is 10.0 Å². The van der Waals surface area contributed by atoms with Crippen LogP contribution in [-0.4, -0.2) is 5.24 Å². The zero-order valence-corrected chi connectivity index (χ0v) is 11.2. The molecule has 0 aromatic heterocycles. The maximum Gasteiger partial charge on any atom is 0.255 e. The molecular formula is C13H6Cl3FO. The maximum atomic E-state index is 13.6. The normalized spacial score (nSPS) is 10.4. The van der Waals surface area contributed by atoms with Crippen LogP contribution in [0.25, 0.3) is 11.1 Å². The Labute approximate surface area is 118 Å². The maximum absolute atomic E-state index is 13.6. The number of hydrogen-bond acceptors (Lipinski definition) is 1. The van der Waals surface area contributed by atoms with Crippen LogP contribution in [0.4, 0.5) is 4.39 Å². The molecule has 92 valence electrons. The molecule has 0 saturated heterocycles. The molecule has 0 N–H and O–H groups in total. The minimum atomic E-state index is -0.876. The van der Waals surface area contributed by atoms with Gasteiger partial charge in [-0.05, 0) is 29.3 Å². The van der Waals surface area contributed by atoms with Gasteiger partial charge >= 0.3 is 0 Å². The fourth-order valence-electron chi connectivity index (χ4n) is 1.66. The Balaban J connectivity index is 2.75. The molecule has 0 aliphatic rings. The fraction of sp³-hybridized carbons (Fsp3) is 0. The zero-order valence-electron chi connectivity index (χ0n) is 8.88. The van der Waals surface area contributed by atoms with Crippen molar-refractivity contribution >= 4 is 40.0 Å².